The summed E-state index contributed by atoms with van der Waals surface area (Å²) in [5.41, 5.74) is 3.48. The van der Waals surface area contributed by atoms with Gasteiger partial charge in [-0.25, -0.2) is 4.79 Å². The maximum atomic E-state index is 13.2. The van der Waals surface area contributed by atoms with Crippen LogP contribution in [0, 0.1) is 24.2 Å². The molecule has 0 saturated heterocycles. The lowest BCUT2D eigenvalue weighted by molar-refractivity contribution is -0.118. The number of nitrogens with one attached hydrogen (secondary N) is 2. The maximum absolute atomic E-state index is 13.2. The zero-order chi connectivity index (χ0) is 24.5. The van der Waals surface area contributed by atoms with Gasteiger partial charge in [-0.3, -0.25) is 9.48 Å². The van der Waals surface area contributed by atoms with Crippen LogP contribution >= 0.6 is 0 Å². The van der Waals surface area contributed by atoms with E-state index < -0.39 is 18.0 Å². The van der Waals surface area contributed by atoms with Gasteiger partial charge in [-0.05, 0) is 36.1 Å². The highest BCUT2D eigenvalue weighted by molar-refractivity contribution is 5.97. The Bertz CT molecular complexity index is 1160. The fourth-order valence-corrected chi connectivity index (χ4v) is 3.44. The summed E-state index contributed by atoms with van der Waals surface area (Å²) in [4.78, 5) is 25.7. The second-order valence-corrected chi connectivity index (χ2v) is 8.48. The van der Waals surface area contributed by atoms with Crippen LogP contribution in [0.25, 0.3) is 0 Å². The van der Waals surface area contributed by atoms with Gasteiger partial charge in [-0.1, -0.05) is 56.3 Å². The Kier molecular flexibility index (Phi) is 8.41. The fourth-order valence-electron chi connectivity index (χ4n) is 3.44. The largest absolute Gasteiger partial charge is 0.445 e. The van der Waals surface area contributed by atoms with Gasteiger partial charge in [0, 0.05) is 13.0 Å². The number of nitrogens with zero attached hydrogens (tertiary/aromatic N) is 3. The number of aromatic nitrogens is 2. The highest BCUT2D eigenvalue weighted by Gasteiger charge is 2.24. The smallest absolute Gasteiger partial charge is 0.408 e. The van der Waals surface area contributed by atoms with Gasteiger partial charge in [0.2, 0.25) is 5.91 Å². The molecule has 1 heterocycles. The lowest BCUT2D eigenvalue weighted by Crippen LogP contribution is -2.45. The van der Waals surface area contributed by atoms with Crippen molar-refractivity contribution in [3.63, 3.8) is 0 Å². The molecule has 2 aromatic carbocycles. The van der Waals surface area contributed by atoms with Gasteiger partial charge in [0.15, 0.2) is 0 Å². The summed E-state index contributed by atoms with van der Waals surface area (Å²) in [6.07, 6.45) is 1.10. The number of anilines is 1. The molecule has 0 saturated carbocycles. The van der Waals surface area contributed by atoms with Crippen molar-refractivity contribution in [3.8, 4) is 6.07 Å². The first kappa shape index (κ1) is 24.5. The van der Waals surface area contributed by atoms with Crippen LogP contribution < -0.4 is 10.6 Å². The van der Waals surface area contributed by atoms with Gasteiger partial charge in [-0.2, -0.15) is 10.4 Å². The van der Waals surface area contributed by atoms with Crippen molar-refractivity contribution < 1.29 is 14.3 Å². The van der Waals surface area contributed by atoms with Crippen molar-refractivity contribution in [1.82, 2.24) is 15.1 Å². The third kappa shape index (κ3) is 6.94. The lowest BCUT2D eigenvalue weighted by atomic mass is 10.0. The monoisotopic (exact) mass is 459 g/mol. The van der Waals surface area contributed by atoms with Crippen LogP contribution in [0.5, 0.6) is 0 Å². The van der Waals surface area contributed by atoms with E-state index in [2.05, 4.69) is 35.6 Å². The van der Waals surface area contributed by atoms with Crippen LogP contribution in [-0.2, 0) is 29.1 Å². The van der Waals surface area contributed by atoms with E-state index in [1.54, 1.807) is 24.4 Å². The number of amides is 2. The summed E-state index contributed by atoms with van der Waals surface area (Å²) in [5, 5.41) is 19.1. The number of rotatable bonds is 9. The first-order valence-electron chi connectivity index (χ1n) is 11.1. The molecule has 0 fully saturated rings. The molecule has 3 aromatic rings. The van der Waals surface area contributed by atoms with Gasteiger partial charge in [0.05, 0.1) is 29.2 Å². The molecular weight excluding hydrogens is 430 g/mol. The molecule has 0 radical (unpaired) electrons. The third-order valence-electron chi connectivity index (χ3n) is 5.22. The van der Waals surface area contributed by atoms with Gasteiger partial charge < -0.3 is 15.4 Å². The Labute approximate surface area is 199 Å². The Hall–Kier alpha value is -4.12. The molecule has 2 N–H and O–H groups in total. The van der Waals surface area contributed by atoms with Crippen LogP contribution in [0.15, 0.2) is 60.8 Å². The second kappa shape index (κ2) is 11.7. The Balaban J connectivity index is 1.73. The number of carbonyl (C=O) groups excluding carboxylic acids is 2. The highest BCUT2D eigenvalue weighted by Crippen LogP contribution is 2.16. The SMILES string of the molecule is Cc1c(NC(=O)C(Cc2cccc(C#N)c2)NC(=O)OCc2ccccc2)cnn1CC(C)C. The molecule has 1 aromatic heterocycles. The molecule has 8 nitrogen and oxygen atoms in total. The third-order valence-corrected chi connectivity index (χ3v) is 5.22. The Morgan fingerprint density at radius 1 is 1.12 bits per heavy atom. The number of benzene rings is 2. The highest BCUT2D eigenvalue weighted by atomic mass is 16.5. The molecule has 0 spiro atoms. The predicted molar refractivity (Wildman–Crippen MR) is 129 cm³/mol. The maximum Gasteiger partial charge on any atom is 0.408 e. The van der Waals surface area contributed by atoms with Crippen LogP contribution in [0.3, 0.4) is 0 Å². The quantitative estimate of drug-likeness (QED) is 0.499. The minimum absolute atomic E-state index is 0.0893. The van der Waals surface area contributed by atoms with E-state index in [-0.39, 0.29) is 13.0 Å². The van der Waals surface area contributed by atoms with E-state index in [0.717, 1.165) is 23.4 Å². The minimum Gasteiger partial charge on any atom is -0.445 e. The number of ether oxygens (including phenoxy) is 1. The summed E-state index contributed by atoms with van der Waals surface area (Å²) in [6, 6.07) is 17.4. The molecule has 0 aliphatic rings. The molecule has 1 atom stereocenters. The van der Waals surface area contributed by atoms with Gasteiger partial charge >= 0.3 is 6.09 Å². The zero-order valence-electron chi connectivity index (χ0n) is 19.6. The van der Waals surface area contributed by atoms with Crippen molar-refractivity contribution in [2.45, 2.75) is 46.4 Å². The van der Waals surface area contributed by atoms with E-state index in [0.29, 0.717) is 17.2 Å². The van der Waals surface area contributed by atoms with Crippen molar-refractivity contribution in [3.05, 3.63) is 83.2 Å². The molecule has 8 heteroatoms. The molecule has 34 heavy (non-hydrogen) atoms. The first-order chi connectivity index (χ1) is 16.4. The van der Waals surface area contributed by atoms with E-state index in [1.165, 1.54) is 0 Å². The van der Waals surface area contributed by atoms with E-state index >= 15 is 0 Å². The van der Waals surface area contributed by atoms with Gasteiger partial charge in [0.25, 0.3) is 0 Å². The molecule has 3 rings (SSSR count). The van der Waals surface area contributed by atoms with Crippen LogP contribution in [0.1, 0.15) is 36.2 Å². The summed E-state index contributed by atoms with van der Waals surface area (Å²) < 4.78 is 7.15. The van der Waals surface area contributed by atoms with E-state index in [1.807, 2.05) is 48.0 Å². The normalized spacial score (nSPS) is 11.5. The van der Waals surface area contributed by atoms with E-state index in [4.69, 9.17) is 4.74 Å². The average Bonchev–Trinajstić information content (AvgIpc) is 3.16. The van der Waals surface area contributed by atoms with Gasteiger partial charge in [-0.15, -0.1) is 0 Å². The van der Waals surface area contributed by atoms with Crippen molar-refractivity contribution in [2.24, 2.45) is 5.92 Å². The predicted octanol–water partition coefficient (Wildman–Crippen LogP) is 4.20. The van der Waals surface area contributed by atoms with Crippen LogP contribution in [-0.4, -0.2) is 27.8 Å². The van der Waals surface area contributed by atoms with Gasteiger partial charge in [0.1, 0.15) is 12.6 Å². The minimum atomic E-state index is -0.912. The van der Waals surface area contributed by atoms with Crippen molar-refractivity contribution in [1.29, 1.82) is 5.26 Å². The summed E-state index contributed by atoms with van der Waals surface area (Å²) in [5.74, 6) is 0.00887. The molecule has 0 aliphatic carbocycles. The first-order valence-corrected chi connectivity index (χ1v) is 11.1. The second-order valence-electron chi connectivity index (χ2n) is 8.48. The number of hydrogen-bond donors (Lipinski definition) is 2. The van der Waals surface area contributed by atoms with E-state index in [9.17, 15) is 14.9 Å². The molecule has 176 valence electrons. The van der Waals surface area contributed by atoms with Crippen molar-refractivity contribution >= 4 is 17.7 Å². The summed E-state index contributed by atoms with van der Waals surface area (Å²) in [7, 11) is 0. The molecular formula is C26H29N5O3. The Morgan fingerprint density at radius 3 is 2.56 bits per heavy atom. The molecule has 1 unspecified atom stereocenters. The zero-order valence-corrected chi connectivity index (χ0v) is 19.6. The summed E-state index contributed by atoms with van der Waals surface area (Å²) >= 11 is 0. The standard InChI is InChI=1S/C26H29N5O3/c1-18(2)16-31-19(3)24(15-28-31)29-25(32)23(13-21-10-7-11-22(12-21)14-27)30-26(33)34-17-20-8-5-4-6-9-20/h4-12,15,18,23H,13,16-17H2,1-3H3,(H,29,32)(H,30,33). The van der Waals surface area contributed by atoms with Crippen LogP contribution in [0.2, 0.25) is 0 Å². The molecule has 2 amide bonds. The number of carbonyl (C=O) groups is 2. The fraction of sp³-hybridized carbons (Fsp3) is 0.308. The number of hydrogen-bond acceptors (Lipinski definition) is 5. The topological polar surface area (TPSA) is 109 Å². The summed E-state index contributed by atoms with van der Waals surface area (Å²) in [6.45, 7) is 6.89. The molecule has 0 bridgehead atoms. The Morgan fingerprint density at radius 2 is 1.85 bits per heavy atom. The average molecular weight is 460 g/mol. The lowest BCUT2D eigenvalue weighted by Gasteiger charge is -2.19. The molecule has 0 aliphatic heterocycles. The van der Waals surface area contributed by atoms with Crippen molar-refractivity contribution in [2.75, 3.05) is 5.32 Å². The van der Waals surface area contributed by atoms with Crippen LogP contribution in [0.4, 0.5) is 10.5 Å². The number of alkyl carbamates (subject to hydrolysis) is 1. The number of nitriles is 1.